The van der Waals surface area contributed by atoms with Crippen LogP contribution in [0.1, 0.15) is 47.1 Å². The van der Waals surface area contributed by atoms with E-state index in [1.165, 1.54) is 31.4 Å². The van der Waals surface area contributed by atoms with Gasteiger partial charge in [-0.15, -0.1) is 22.7 Å². The second kappa shape index (κ2) is 5.71. The number of carbonyl (C=O) groups excluding carboxylic acids is 4. The molecule has 118 valence electrons. The van der Waals surface area contributed by atoms with Crippen molar-refractivity contribution in [1.82, 2.24) is 5.32 Å². The molecule has 1 atom stereocenters. The van der Waals surface area contributed by atoms with Crippen LogP contribution < -0.4 is 5.32 Å². The van der Waals surface area contributed by atoms with Gasteiger partial charge in [-0.05, 0) is 24.4 Å². The highest BCUT2D eigenvalue weighted by molar-refractivity contribution is 7.17. The Morgan fingerprint density at radius 3 is 2.57 bits per heavy atom. The first kappa shape index (κ1) is 15.6. The molecule has 0 aliphatic heterocycles. The summed E-state index contributed by atoms with van der Waals surface area (Å²) in [7, 11) is 1.23. The van der Waals surface area contributed by atoms with Gasteiger partial charge in [0.05, 0.1) is 21.7 Å². The minimum absolute atomic E-state index is 0.211. The maximum Gasteiger partial charge on any atom is 0.328 e. The number of amides is 1. The highest BCUT2D eigenvalue weighted by Gasteiger charge is 2.34. The van der Waals surface area contributed by atoms with Gasteiger partial charge >= 0.3 is 5.97 Å². The van der Waals surface area contributed by atoms with Crippen LogP contribution >= 0.6 is 22.7 Å². The fourth-order valence-electron chi connectivity index (χ4n) is 2.25. The molecular weight excluding hydrogens is 338 g/mol. The molecule has 0 aromatic carbocycles. The van der Waals surface area contributed by atoms with Gasteiger partial charge in [-0.3, -0.25) is 14.4 Å². The predicted octanol–water partition coefficient (Wildman–Crippen LogP) is 1.88. The van der Waals surface area contributed by atoms with Crippen molar-refractivity contribution in [3.63, 3.8) is 0 Å². The van der Waals surface area contributed by atoms with Gasteiger partial charge < -0.3 is 10.1 Å². The van der Waals surface area contributed by atoms with Crippen molar-refractivity contribution in [2.45, 2.75) is 13.0 Å². The molecule has 1 N–H and O–H groups in total. The molecule has 2 heterocycles. The molecule has 0 spiro atoms. The summed E-state index contributed by atoms with van der Waals surface area (Å²) in [6.07, 6.45) is 0. The third-order valence-corrected chi connectivity index (χ3v) is 5.47. The van der Waals surface area contributed by atoms with Gasteiger partial charge in [0.1, 0.15) is 6.04 Å². The molecule has 0 radical (unpaired) electrons. The normalized spacial score (nSPS) is 14.0. The molecule has 0 fully saturated rings. The molecule has 1 amide bonds. The molecule has 1 aliphatic carbocycles. The molecule has 2 aromatic rings. The first-order valence-corrected chi connectivity index (χ1v) is 8.33. The second-order valence-corrected chi connectivity index (χ2v) is 6.86. The van der Waals surface area contributed by atoms with E-state index in [-0.39, 0.29) is 26.9 Å². The van der Waals surface area contributed by atoms with Crippen molar-refractivity contribution in [3.8, 4) is 0 Å². The van der Waals surface area contributed by atoms with Crippen molar-refractivity contribution in [2.24, 2.45) is 0 Å². The van der Waals surface area contributed by atoms with E-state index in [2.05, 4.69) is 10.1 Å². The standard InChI is InChI=1S/C15H11NO5S2/c1-6(15(20)21-2)16-14(19)9-5-8-11(18)12-7(3-4-22-12)10(17)13(8)23-9/h3-6H,1-2H3,(H,16,19)/t6-/m0/s1. The van der Waals surface area contributed by atoms with E-state index >= 15 is 0 Å². The zero-order valence-electron chi connectivity index (χ0n) is 12.2. The summed E-state index contributed by atoms with van der Waals surface area (Å²) in [6.45, 7) is 1.49. The summed E-state index contributed by atoms with van der Waals surface area (Å²) in [6, 6.07) is 2.20. The van der Waals surface area contributed by atoms with Crippen molar-refractivity contribution in [2.75, 3.05) is 7.11 Å². The van der Waals surface area contributed by atoms with Crippen LogP contribution in [0.5, 0.6) is 0 Å². The van der Waals surface area contributed by atoms with Crippen LogP contribution in [0.25, 0.3) is 0 Å². The molecule has 0 saturated carbocycles. The number of methoxy groups -OCH3 is 1. The Kier molecular flexibility index (Phi) is 3.87. The Labute approximate surface area is 139 Å². The Morgan fingerprint density at radius 1 is 1.17 bits per heavy atom. The molecular formula is C15H11NO5S2. The number of esters is 1. The van der Waals surface area contributed by atoms with Crippen LogP contribution in [-0.2, 0) is 9.53 Å². The first-order chi connectivity index (χ1) is 10.9. The van der Waals surface area contributed by atoms with Crippen LogP contribution in [0.4, 0.5) is 0 Å². The molecule has 0 bridgehead atoms. The lowest BCUT2D eigenvalue weighted by atomic mass is 9.96. The van der Waals surface area contributed by atoms with Gasteiger partial charge in [0, 0.05) is 11.1 Å². The number of rotatable bonds is 3. The minimum atomic E-state index is -0.820. The topological polar surface area (TPSA) is 89.5 Å². The van der Waals surface area contributed by atoms with Crippen molar-refractivity contribution in [3.05, 3.63) is 43.3 Å². The van der Waals surface area contributed by atoms with Crippen molar-refractivity contribution >= 4 is 46.1 Å². The summed E-state index contributed by atoms with van der Waals surface area (Å²) in [5, 5.41) is 4.17. The van der Waals surface area contributed by atoms with E-state index in [1.54, 1.807) is 11.4 Å². The van der Waals surface area contributed by atoms with Crippen molar-refractivity contribution in [1.29, 1.82) is 0 Å². The van der Waals surface area contributed by atoms with E-state index in [4.69, 9.17) is 0 Å². The Morgan fingerprint density at radius 2 is 1.87 bits per heavy atom. The van der Waals surface area contributed by atoms with Crippen LogP contribution in [0.15, 0.2) is 17.5 Å². The van der Waals surface area contributed by atoms with Gasteiger partial charge in [-0.25, -0.2) is 4.79 Å². The summed E-state index contributed by atoms with van der Waals surface area (Å²) < 4.78 is 4.54. The number of carbonyl (C=O) groups is 4. The fourth-order valence-corrected chi connectivity index (χ4v) is 4.11. The number of nitrogens with one attached hydrogen (secondary N) is 1. The summed E-state index contributed by atoms with van der Waals surface area (Å²) in [5.41, 5.74) is 0.620. The Bertz CT molecular complexity index is 800. The molecule has 3 rings (SSSR count). The Balaban J connectivity index is 1.91. The number of fused-ring (bicyclic) bond motifs is 2. The number of thiophene rings is 2. The molecule has 8 heteroatoms. The maximum absolute atomic E-state index is 12.4. The molecule has 0 unspecified atom stereocenters. The zero-order valence-corrected chi connectivity index (χ0v) is 13.8. The van der Waals surface area contributed by atoms with Crippen LogP contribution in [0.2, 0.25) is 0 Å². The lowest BCUT2D eigenvalue weighted by Gasteiger charge is -2.10. The van der Waals surface area contributed by atoms with Crippen molar-refractivity contribution < 1.29 is 23.9 Å². The van der Waals surface area contributed by atoms with Crippen LogP contribution in [0, 0.1) is 0 Å². The van der Waals surface area contributed by atoms with E-state index in [0.717, 1.165) is 11.3 Å². The third kappa shape index (κ3) is 2.49. The Hall–Kier alpha value is -2.32. The maximum atomic E-state index is 12.4. The zero-order chi connectivity index (χ0) is 16.7. The average molecular weight is 349 g/mol. The van der Waals surface area contributed by atoms with E-state index in [9.17, 15) is 19.2 Å². The number of hydrogen-bond acceptors (Lipinski definition) is 7. The summed E-state index contributed by atoms with van der Waals surface area (Å²) in [4.78, 5) is 49.2. The first-order valence-electron chi connectivity index (χ1n) is 6.63. The number of ether oxygens (including phenoxy) is 1. The summed E-state index contributed by atoms with van der Waals surface area (Å²) >= 11 is 2.16. The molecule has 6 nitrogen and oxygen atoms in total. The van der Waals surface area contributed by atoms with E-state index in [0.29, 0.717) is 10.4 Å². The van der Waals surface area contributed by atoms with Crippen LogP contribution in [0.3, 0.4) is 0 Å². The van der Waals surface area contributed by atoms with Gasteiger partial charge in [-0.2, -0.15) is 0 Å². The SMILES string of the molecule is COC(=O)[C@H](C)NC(=O)c1cc2c(s1)C(=O)c1ccsc1C2=O. The van der Waals surface area contributed by atoms with E-state index < -0.39 is 17.9 Å². The third-order valence-electron chi connectivity index (χ3n) is 3.43. The fraction of sp³-hybridized carbons (Fsp3) is 0.200. The van der Waals surface area contributed by atoms with Gasteiger partial charge in [-0.1, -0.05) is 0 Å². The number of ketones is 2. The van der Waals surface area contributed by atoms with E-state index in [1.807, 2.05) is 0 Å². The predicted molar refractivity (Wildman–Crippen MR) is 84.4 cm³/mol. The second-order valence-electron chi connectivity index (χ2n) is 4.89. The average Bonchev–Trinajstić information content (AvgIpc) is 3.18. The van der Waals surface area contributed by atoms with Gasteiger partial charge in [0.25, 0.3) is 5.91 Å². The molecule has 0 saturated heterocycles. The highest BCUT2D eigenvalue weighted by Crippen LogP contribution is 2.35. The molecule has 1 aliphatic rings. The number of hydrogen-bond donors (Lipinski definition) is 1. The van der Waals surface area contributed by atoms with Crippen LogP contribution in [-0.4, -0.2) is 36.6 Å². The van der Waals surface area contributed by atoms with Gasteiger partial charge in [0.15, 0.2) is 0 Å². The van der Waals surface area contributed by atoms with Gasteiger partial charge in [0.2, 0.25) is 11.6 Å². The largest absolute Gasteiger partial charge is 0.467 e. The molecule has 2 aromatic heterocycles. The lowest BCUT2D eigenvalue weighted by molar-refractivity contribution is -0.142. The summed E-state index contributed by atoms with van der Waals surface area (Å²) in [5.74, 6) is -1.60. The quantitative estimate of drug-likeness (QED) is 0.729. The smallest absolute Gasteiger partial charge is 0.328 e. The highest BCUT2D eigenvalue weighted by atomic mass is 32.1. The molecule has 23 heavy (non-hydrogen) atoms. The monoisotopic (exact) mass is 349 g/mol. The lowest BCUT2D eigenvalue weighted by Crippen LogP contribution is -2.38. The minimum Gasteiger partial charge on any atom is -0.467 e.